The average Bonchev–Trinajstić information content (AvgIpc) is 2.54. The maximum atomic E-state index is 12.7. The Balaban J connectivity index is 1.81. The first-order chi connectivity index (χ1) is 10.7. The molecule has 3 rings (SSSR count). The van der Waals surface area contributed by atoms with Crippen molar-refractivity contribution in [3.05, 3.63) is 36.2 Å². The number of aromatic nitrogens is 1. The zero-order valence-electron chi connectivity index (χ0n) is 12.4. The van der Waals surface area contributed by atoms with Crippen molar-refractivity contribution in [1.82, 2.24) is 14.8 Å². The molecule has 116 valence electrons. The lowest BCUT2D eigenvalue weighted by atomic mass is 10.1. The largest absolute Gasteiger partial charge is 0.399 e. The van der Waals surface area contributed by atoms with Crippen LogP contribution in [0.25, 0.3) is 10.8 Å². The van der Waals surface area contributed by atoms with Crippen LogP contribution < -0.4 is 5.73 Å². The Bertz CT molecular complexity index is 681. The van der Waals surface area contributed by atoms with Crippen LogP contribution in [-0.2, 0) is 0 Å². The van der Waals surface area contributed by atoms with Gasteiger partial charge in [0.15, 0.2) is 0 Å². The van der Waals surface area contributed by atoms with Crippen molar-refractivity contribution >= 4 is 22.4 Å². The molecule has 3 N–H and O–H groups in total. The SMILES string of the molecule is Nc1ccc2c(C(=O)N3CCN(CCO)CC3)nccc2c1. The first kappa shape index (κ1) is 14.7. The summed E-state index contributed by atoms with van der Waals surface area (Å²) in [6.07, 6.45) is 1.65. The van der Waals surface area contributed by atoms with E-state index < -0.39 is 0 Å². The highest BCUT2D eigenvalue weighted by molar-refractivity contribution is 6.05. The van der Waals surface area contributed by atoms with E-state index in [1.165, 1.54) is 0 Å². The molecule has 0 unspecified atom stereocenters. The Kier molecular flexibility index (Phi) is 4.22. The van der Waals surface area contributed by atoms with Gasteiger partial charge >= 0.3 is 0 Å². The predicted molar refractivity (Wildman–Crippen MR) is 85.6 cm³/mol. The molecule has 2 aromatic rings. The Morgan fingerprint density at radius 1 is 1.23 bits per heavy atom. The molecule has 1 aliphatic heterocycles. The van der Waals surface area contributed by atoms with Gasteiger partial charge in [0.05, 0.1) is 6.61 Å². The Morgan fingerprint density at radius 3 is 2.73 bits per heavy atom. The minimum atomic E-state index is -0.0426. The number of β-amino-alcohol motifs (C(OH)–C–C–N with tert-alkyl or cyclic N) is 1. The monoisotopic (exact) mass is 300 g/mol. The van der Waals surface area contributed by atoms with Gasteiger partial charge in [-0.3, -0.25) is 14.7 Å². The second-order valence-corrected chi connectivity index (χ2v) is 5.50. The summed E-state index contributed by atoms with van der Waals surface area (Å²) in [5, 5.41) is 10.7. The third kappa shape index (κ3) is 2.88. The second kappa shape index (κ2) is 6.29. The molecular weight excluding hydrogens is 280 g/mol. The van der Waals surface area contributed by atoms with Gasteiger partial charge in [0.25, 0.3) is 5.91 Å². The summed E-state index contributed by atoms with van der Waals surface area (Å²) in [6, 6.07) is 7.36. The fourth-order valence-corrected chi connectivity index (χ4v) is 2.83. The summed E-state index contributed by atoms with van der Waals surface area (Å²) >= 11 is 0. The van der Waals surface area contributed by atoms with Crippen molar-refractivity contribution in [3.8, 4) is 0 Å². The number of rotatable bonds is 3. The molecule has 0 saturated carbocycles. The van der Waals surface area contributed by atoms with Gasteiger partial charge in [-0.2, -0.15) is 0 Å². The van der Waals surface area contributed by atoms with Crippen LogP contribution >= 0.6 is 0 Å². The van der Waals surface area contributed by atoms with E-state index in [4.69, 9.17) is 10.8 Å². The van der Waals surface area contributed by atoms with E-state index in [-0.39, 0.29) is 12.5 Å². The normalized spacial score (nSPS) is 16.1. The molecule has 0 aliphatic carbocycles. The van der Waals surface area contributed by atoms with E-state index >= 15 is 0 Å². The third-order valence-corrected chi connectivity index (χ3v) is 4.07. The van der Waals surface area contributed by atoms with Crippen LogP contribution in [0.3, 0.4) is 0 Å². The molecule has 2 heterocycles. The number of anilines is 1. The van der Waals surface area contributed by atoms with Gasteiger partial charge in [-0.25, -0.2) is 0 Å². The van der Waals surface area contributed by atoms with Gasteiger partial charge in [-0.05, 0) is 29.7 Å². The van der Waals surface area contributed by atoms with E-state index in [2.05, 4.69) is 9.88 Å². The number of fused-ring (bicyclic) bond motifs is 1. The Hall–Kier alpha value is -2.18. The summed E-state index contributed by atoms with van der Waals surface area (Å²) in [5.74, 6) is -0.0426. The summed E-state index contributed by atoms with van der Waals surface area (Å²) in [5.41, 5.74) is 6.95. The number of aliphatic hydroxyl groups is 1. The molecule has 6 heteroatoms. The first-order valence-corrected chi connectivity index (χ1v) is 7.46. The molecule has 0 bridgehead atoms. The van der Waals surface area contributed by atoms with Crippen molar-refractivity contribution in [3.63, 3.8) is 0 Å². The standard InChI is InChI=1S/C16H20N4O2/c17-13-1-2-14-12(11-13)3-4-18-15(14)16(22)20-7-5-19(6-8-20)9-10-21/h1-4,11,21H,5-10,17H2. The fourth-order valence-electron chi connectivity index (χ4n) is 2.83. The van der Waals surface area contributed by atoms with Crippen molar-refractivity contribution in [2.45, 2.75) is 0 Å². The van der Waals surface area contributed by atoms with E-state index in [0.717, 1.165) is 23.9 Å². The maximum Gasteiger partial charge on any atom is 0.273 e. The second-order valence-electron chi connectivity index (χ2n) is 5.50. The number of carbonyl (C=O) groups excluding carboxylic acids is 1. The minimum Gasteiger partial charge on any atom is -0.399 e. The van der Waals surface area contributed by atoms with Crippen LogP contribution in [0, 0.1) is 0 Å². The number of pyridine rings is 1. The number of benzene rings is 1. The van der Waals surface area contributed by atoms with Crippen molar-refractivity contribution < 1.29 is 9.90 Å². The van der Waals surface area contributed by atoms with E-state index in [1.54, 1.807) is 12.3 Å². The lowest BCUT2D eigenvalue weighted by Gasteiger charge is -2.34. The third-order valence-electron chi connectivity index (χ3n) is 4.07. The molecular formula is C16H20N4O2. The highest BCUT2D eigenvalue weighted by Gasteiger charge is 2.23. The number of hydrogen-bond acceptors (Lipinski definition) is 5. The highest BCUT2D eigenvalue weighted by Crippen LogP contribution is 2.21. The molecule has 0 radical (unpaired) electrons. The van der Waals surface area contributed by atoms with Crippen molar-refractivity contribution in [2.24, 2.45) is 0 Å². The molecule has 1 aromatic carbocycles. The topological polar surface area (TPSA) is 82.7 Å². The van der Waals surface area contributed by atoms with Crippen molar-refractivity contribution in [1.29, 1.82) is 0 Å². The van der Waals surface area contributed by atoms with Crippen LogP contribution in [0.4, 0.5) is 5.69 Å². The lowest BCUT2D eigenvalue weighted by molar-refractivity contribution is 0.0611. The molecule has 0 atom stereocenters. The van der Waals surface area contributed by atoms with Crippen LogP contribution in [0.2, 0.25) is 0 Å². The van der Waals surface area contributed by atoms with Gasteiger partial charge in [-0.1, -0.05) is 0 Å². The number of carbonyl (C=O) groups is 1. The first-order valence-electron chi connectivity index (χ1n) is 7.46. The number of hydrogen-bond donors (Lipinski definition) is 2. The highest BCUT2D eigenvalue weighted by atomic mass is 16.3. The average molecular weight is 300 g/mol. The summed E-state index contributed by atoms with van der Waals surface area (Å²) in [7, 11) is 0. The quantitative estimate of drug-likeness (QED) is 0.810. The molecule has 1 fully saturated rings. The van der Waals surface area contributed by atoms with Gasteiger partial charge < -0.3 is 15.7 Å². The van der Waals surface area contributed by atoms with E-state index in [1.807, 2.05) is 23.1 Å². The maximum absolute atomic E-state index is 12.7. The van der Waals surface area contributed by atoms with Crippen molar-refractivity contribution in [2.75, 3.05) is 45.1 Å². The van der Waals surface area contributed by atoms with Gasteiger partial charge in [0, 0.05) is 50.0 Å². The van der Waals surface area contributed by atoms with Gasteiger partial charge in [0.2, 0.25) is 0 Å². The zero-order chi connectivity index (χ0) is 15.5. The summed E-state index contributed by atoms with van der Waals surface area (Å²) in [6.45, 7) is 3.69. The zero-order valence-corrected chi connectivity index (χ0v) is 12.4. The molecule has 1 aliphatic rings. The van der Waals surface area contributed by atoms with Crippen LogP contribution in [0.15, 0.2) is 30.5 Å². The summed E-state index contributed by atoms with van der Waals surface area (Å²) in [4.78, 5) is 21.0. The molecule has 1 amide bonds. The summed E-state index contributed by atoms with van der Waals surface area (Å²) < 4.78 is 0. The number of nitrogens with two attached hydrogens (primary N) is 1. The Labute approximate surface area is 129 Å². The van der Waals surface area contributed by atoms with Crippen LogP contribution in [0.1, 0.15) is 10.5 Å². The molecule has 22 heavy (non-hydrogen) atoms. The number of nitrogens with zero attached hydrogens (tertiary/aromatic N) is 3. The number of nitrogen functional groups attached to an aromatic ring is 1. The molecule has 1 aromatic heterocycles. The van der Waals surface area contributed by atoms with Gasteiger partial charge in [0.1, 0.15) is 5.69 Å². The van der Waals surface area contributed by atoms with E-state index in [9.17, 15) is 4.79 Å². The molecule has 6 nitrogen and oxygen atoms in total. The number of aliphatic hydroxyl groups excluding tert-OH is 1. The lowest BCUT2D eigenvalue weighted by Crippen LogP contribution is -2.49. The molecule has 0 spiro atoms. The minimum absolute atomic E-state index is 0.0426. The van der Waals surface area contributed by atoms with Crippen LogP contribution in [0.5, 0.6) is 0 Å². The fraction of sp³-hybridized carbons (Fsp3) is 0.375. The van der Waals surface area contributed by atoms with Crippen LogP contribution in [-0.4, -0.2) is 65.1 Å². The smallest absolute Gasteiger partial charge is 0.273 e. The van der Waals surface area contributed by atoms with Gasteiger partial charge in [-0.15, -0.1) is 0 Å². The van der Waals surface area contributed by atoms with E-state index in [0.29, 0.717) is 31.0 Å². The molecule has 1 saturated heterocycles. The predicted octanol–water partition coefficient (Wildman–Crippen LogP) is 0.567. The number of piperazine rings is 1. The Morgan fingerprint density at radius 2 is 2.00 bits per heavy atom. The number of amides is 1.